The zero-order valence-electron chi connectivity index (χ0n) is 12.9. The van der Waals surface area contributed by atoms with E-state index in [0.29, 0.717) is 12.6 Å². The minimum absolute atomic E-state index is 0.0173. The standard InChI is InChI=1S/C16H25N3O/c1-12(2)18(4)9-10-19-15(20)11-17-16(19)14-7-5-13(3)6-8-14/h5-8,12,16-17H,9-11H2,1-4H3. The molecule has 4 nitrogen and oxygen atoms in total. The lowest BCUT2D eigenvalue weighted by atomic mass is 10.1. The van der Waals surface area contributed by atoms with Gasteiger partial charge in [-0.1, -0.05) is 29.8 Å². The van der Waals surface area contributed by atoms with Gasteiger partial charge < -0.3 is 9.80 Å². The molecule has 110 valence electrons. The maximum absolute atomic E-state index is 12.1. The molecule has 1 aromatic carbocycles. The van der Waals surface area contributed by atoms with Crippen LogP contribution in [0.15, 0.2) is 24.3 Å². The predicted molar refractivity (Wildman–Crippen MR) is 81.4 cm³/mol. The average Bonchev–Trinajstić information content (AvgIpc) is 2.78. The van der Waals surface area contributed by atoms with Gasteiger partial charge in [0.05, 0.1) is 6.54 Å². The number of likely N-dealkylation sites (N-methyl/N-ethyl adjacent to an activating group) is 1. The first-order valence-corrected chi connectivity index (χ1v) is 7.28. The summed E-state index contributed by atoms with van der Waals surface area (Å²) >= 11 is 0. The fraction of sp³-hybridized carbons (Fsp3) is 0.562. The van der Waals surface area contributed by atoms with Crippen molar-refractivity contribution in [3.8, 4) is 0 Å². The highest BCUT2D eigenvalue weighted by Gasteiger charge is 2.31. The molecule has 0 radical (unpaired) electrons. The van der Waals surface area contributed by atoms with Gasteiger partial charge in [0.25, 0.3) is 0 Å². The first-order chi connectivity index (χ1) is 9.49. The average molecular weight is 275 g/mol. The molecule has 1 saturated heterocycles. The number of nitrogens with one attached hydrogen (secondary N) is 1. The highest BCUT2D eigenvalue weighted by Crippen LogP contribution is 2.22. The first kappa shape index (κ1) is 15.0. The summed E-state index contributed by atoms with van der Waals surface area (Å²) < 4.78 is 0. The van der Waals surface area contributed by atoms with Crippen LogP contribution in [0.1, 0.15) is 31.1 Å². The Morgan fingerprint density at radius 3 is 2.60 bits per heavy atom. The zero-order chi connectivity index (χ0) is 14.7. The number of carbonyl (C=O) groups is 1. The molecular weight excluding hydrogens is 250 g/mol. The second-order valence-electron chi connectivity index (χ2n) is 5.86. The Hall–Kier alpha value is -1.39. The molecule has 1 aliphatic rings. The van der Waals surface area contributed by atoms with Crippen LogP contribution in [0.4, 0.5) is 0 Å². The molecular formula is C16H25N3O. The van der Waals surface area contributed by atoms with Gasteiger partial charge in [0.1, 0.15) is 6.17 Å². The lowest BCUT2D eigenvalue weighted by Crippen LogP contribution is -2.39. The van der Waals surface area contributed by atoms with Gasteiger partial charge in [-0.15, -0.1) is 0 Å². The van der Waals surface area contributed by atoms with Crippen molar-refractivity contribution in [2.75, 3.05) is 26.7 Å². The van der Waals surface area contributed by atoms with Gasteiger partial charge in [0, 0.05) is 19.1 Å². The number of nitrogens with zero attached hydrogens (tertiary/aromatic N) is 2. The summed E-state index contributed by atoms with van der Waals surface area (Å²) in [5, 5.41) is 3.30. The maximum atomic E-state index is 12.1. The second kappa shape index (κ2) is 6.37. The van der Waals surface area contributed by atoms with E-state index in [4.69, 9.17) is 0 Å². The number of aryl methyl sites for hydroxylation is 1. The summed E-state index contributed by atoms with van der Waals surface area (Å²) in [4.78, 5) is 16.3. The number of hydrogen-bond acceptors (Lipinski definition) is 3. The largest absolute Gasteiger partial charge is 0.321 e. The summed E-state index contributed by atoms with van der Waals surface area (Å²) in [5.41, 5.74) is 2.40. The quantitative estimate of drug-likeness (QED) is 0.889. The molecule has 1 aliphatic heterocycles. The van der Waals surface area contributed by atoms with Crippen LogP contribution in [0.25, 0.3) is 0 Å². The summed E-state index contributed by atoms with van der Waals surface area (Å²) in [6, 6.07) is 8.89. The van der Waals surface area contributed by atoms with E-state index in [1.807, 2.05) is 4.90 Å². The van der Waals surface area contributed by atoms with Crippen molar-refractivity contribution < 1.29 is 4.79 Å². The maximum Gasteiger partial charge on any atom is 0.238 e. The van der Waals surface area contributed by atoms with Crippen molar-refractivity contribution in [1.29, 1.82) is 0 Å². The normalized spacial score (nSPS) is 19.4. The fourth-order valence-electron chi connectivity index (χ4n) is 2.36. The third-order valence-corrected chi connectivity index (χ3v) is 4.05. The summed E-state index contributed by atoms with van der Waals surface area (Å²) in [6.45, 7) is 8.51. The summed E-state index contributed by atoms with van der Waals surface area (Å²) in [6.07, 6.45) is 0.0173. The van der Waals surface area contributed by atoms with Crippen molar-refractivity contribution in [2.24, 2.45) is 0 Å². The minimum Gasteiger partial charge on any atom is -0.321 e. The lowest BCUT2D eigenvalue weighted by Gasteiger charge is -2.28. The zero-order valence-corrected chi connectivity index (χ0v) is 12.9. The van der Waals surface area contributed by atoms with E-state index in [-0.39, 0.29) is 12.1 Å². The van der Waals surface area contributed by atoms with Crippen LogP contribution < -0.4 is 5.32 Å². The van der Waals surface area contributed by atoms with Gasteiger partial charge in [-0.05, 0) is 33.4 Å². The molecule has 1 N–H and O–H groups in total. The fourth-order valence-corrected chi connectivity index (χ4v) is 2.36. The van der Waals surface area contributed by atoms with Crippen LogP contribution in [-0.4, -0.2) is 48.4 Å². The highest BCUT2D eigenvalue weighted by atomic mass is 16.2. The van der Waals surface area contributed by atoms with Crippen molar-refractivity contribution >= 4 is 5.91 Å². The smallest absolute Gasteiger partial charge is 0.238 e. The van der Waals surface area contributed by atoms with E-state index in [0.717, 1.165) is 18.7 Å². The second-order valence-corrected chi connectivity index (χ2v) is 5.86. The van der Waals surface area contributed by atoms with Crippen LogP contribution in [-0.2, 0) is 4.79 Å². The number of rotatable bonds is 5. The number of benzene rings is 1. The van der Waals surface area contributed by atoms with E-state index in [1.54, 1.807) is 0 Å². The van der Waals surface area contributed by atoms with Crippen molar-refractivity contribution in [3.63, 3.8) is 0 Å². The van der Waals surface area contributed by atoms with Gasteiger partial charge >= 0.3 is 0 Å². The van der Waals surface area contributed by atoms with Crippen LogP contribution in [0.5, 0.6) is 0 Å². The van der Waals surface area contributed by atoms with Gasteiger partial charge in [-0.3, -0.25) is 10.1 Å². The van der Waals surface area contributed by atoms with Gasteiger partial charge in [-0.25, -0.2) is 0 Å². The Morgan fingerprint density at radius 2 is 2.00 bits per heavy atom. The van der Waals surface area contributed by atoms with Gasteiger partial charge in [-0.2, -0.15) is 0 Å². The van der Waals surface area contributed by atoms with E-state index in [1.165, 1.54) is 5.56 Å². The molecule has 1 atom stereocenters. The molecule has 20 heavy (non-hydrogen) atoms. The topological polar surface area (TPSA) is 35.6 Å². The van der Waals surface area contributed by atoms with Crippen molar-refractivity contribution in [2.45, 2.75) is 33.0 Å². The monoisotopic (exact) mass is 275 g/mol. The van der Waals surface area contributed by atoms with E-state index < -0.39 is 0 Å². The molecule has 1 unspecified atom stereocenters. The number of carbonyl (C=O) groups excluding carboxylic acids is 1. The van der Waals surface area contributed by atoms with Crippen LogP contribution in [0.2, 0.25) is 0 Å². The van der Waals surface area contributed by atoms with E-state index in [9.17, 15) is 4.79 Å². The third-order valence-electron chi connectivity index (χ3n) is 4.05. The Labute approximate surface area is 121 Å². The SMILES string of the molecule is Cc1ccc(C2NCC(=O)N2CCN(C)C(C)C)cc1. The summed E-state index contributed by atoms with van der Waals surface area (Å²) in [7, 11) is 2.10. The Bertz CT molecular complexity index is 455. The van der Waals surface area contributed by atoms with Crippen LogP contribution in [0.3, 0.4) is 0 Å². The molecule has 0 saturated carbocycles. The highest BCUT2D eigenvalue weighted by molar-refractivity contribution is 5.80. The lowest BCUT2D eigenvalue weighted by molar-refractivity contribution is -0.128. The van der Waals surface area contributed by atoms with Crippen molar-refractivity contribution in [3.05, 3.63) is 35.4 Å². The Morgan fingerprint density at radius 1 is 1.35 bits per heavy atom. The van der Waals surface area contributed by atoms with Crippen LogP contribution in [0, 0.1) is 6.92 Å². The molecule has 1 amide bonds. The molecule has 0 bridgehead atoms. The first-order valence-electron chi connectivity index (χ1n) is 7.28. The molecule has 4 heteroatoms. The van der Waals surface area contributed by atoms with Gasteiger partial charge in [0.2, 0.25) is 5.91 Å². The van der Waals surface area contributed by atoms with Gasteiger partial charge in [0.15, 0.2) is 0 Å². The molecule has 0 spiro atoms. The Balaban J connectivity index is 2.05. The molecule has 2 rings (SSSR count). The molecule has 1 fully saturated rings. The molecule has 0 aromatic heterocycles. The number of amides is 1. The van der Waals surface area contributed by atoms with Crippen LogP contribution >= 0.6 is 0 Å². The Kier molecular flexibility index (Phi) is 4.78. The van der Waals surface area contributed by atoms with Crippen molar-refractivity contribution in [1.82, 2.24) is 15.1 Å². The number of hydrogen-bond donors (Lipinski definition) is 1. The molecule has 0 aliphatic carbocycles. The molecule has 1 aromatic rings. The third kappa shape index (κ3) is 3.38. The predicted octanol–water partition coefficient (Wildman–Crippen LogP) is 1.77. The van der Waals surface area contributed by atoms with E-state index in [2.05, 4.69) is 62.3 Å². The minimum atomic E-state index is 0.0173. The van der Waals surface area contributed by atoms with E-state index >= 15 is 0 Å². The molecule has 1 heterocycles. The summed E-state index contributed by atoms with van der Waals surface area (Å²) in [5.74, 6) is 0.188.